The lowest BCUT2D eigenvalue weighted by Gasteiger charge is -2.37. The summed E-state index contributed by atoms with van der Waals surface area (Å²) in [6.07, 6.45) is -0.205. The van der Waals surface area contributed by atoms with Crippen molar-refractivity contribution >= 4 is 35.7 Å². The number of nitrogens with one attached hydrogen (secondary N) is 3. The number of amides is 5. The number of aliphatic carboxylic acids is 1. The molecule has 194 valence electrons. The summed E-state index contributed by atoms with van der Waals surface area (Å²) in [5.74, 6) is -1.79. The van der Waals surface area contributed by atoms with E-state index in [2.05, 4.69) is 10.6 Å². The molecule has 1 spiro atoms. The van der Waals surface area contributed by atoms with E-state index >= 15 is 0 Å². The van der Waals surface area contributed by atoms with Crippen molar-refractivity contribution in [3.63, 3.8) is 0 Å². The Balaban J connectivity index is 1.56. The van der Waals surface area contributed by atoms with Gasteiger partial charge in [0.1, 0.15) is 17.0 Å². The Bertz CT molecular complexity index is 1070. The standard InChI is InChI=1S/C24H31N5O7/c1-23(2,3)36-22(35)26-18(25)15-6-8-16(9-7-15)19(32)28-13-10-24(11-14-28)20(33)29(21(34)27-24)12-4-5-17(30)31/h6-9H,4-5,10-14H2,1-3H3,(H,27,34)(H,30,31)(H2,25,26,35). The number of benzene rings is 1. The van der Waals surface area contributed by atoms with Crippen molar-refractivity contribution in [2.45, 2.75) is 57.6 Å². The summed E-state index contributed by atoms with van der Waals surface area (Å²) in [6.45, 7) is 5.69. The molecule has 36 heavy (non-hydrogen) atoms. The Morgan fingerprint density at radius 2 is 1.69 bits per heavy atom. The van der Waals surface area contributed by atoms with E-state index < -0.39 is 29.2 Å². The normalized spacial score (nSPS) is 17.1. The lowest BCUT2D eigenvalue weighted by molar-refractivity contribution is -0.138. The summed E-state index contributed by atoms with van der Waals surface area (Å²) in [5.41, 5.74) is -0.990. The van der Waals surface area contributed by atoms with Crippen LogP contribution in [0.3, 0.4) is 0 Å². The number of rotatable bonds is 6. The maximum Gasteiger partial charge on any atom is 0.413 e. The molecule has 0 aliphatic carbocycles. The molecular formula is C24H31N5O7. The van der Waals surface area contributed by atoms with Gasteiger partial charge in [0, 0.05) is 37.2 Å². The quantitative estimate of drug-likeness (QED) is 0.262. The highest BCUT2D eigenvalue weighted by Crippen LogP contribution is 2.30. The van der Waals surface area contributed by atoms with E-state index in [9.17, 15) is 24.0 Å². The lowest BCUT2D eigenvalue weighted by atomic mass is 9.87. The fourth-order valence-corrected chi connectivity index (χ4v) is 4.14. The third-order valence-electron chi connectivity index (χ3n) is 5.97. The van der Waals surface area contributed by atoms with Gasteiger partial charge in [-0.25, -0.2) is 9.59 Å². The van der Waals surface area contributed by atoms with Gasteiger partial charge in [-0.05, 0) is 52.2 Å². The average Bonchev–Trinajstić information content (AvgIpc) is 3.01. The van der Waals surface area contributed by atoms with Crippen molar-refractivity contribution in [2.75, 3.05) is 19.6 Å². The second-order valence-corrected chi connectivity index (χ2v) is 9.84. The average molecular weight is 502 g/mol. The van der Waals surface area contributed by atoms with Crippen molar-refractivity contribution in [1.29, 1.82) is 5.41 Å². The number of carboxylic acid groups (broad SMARTS) is 1. The lowest BCUT2D eigenvalue weighted by Crippen LogP contribution is -2.55. The number of ether oxygens (including phenoxy) is 1. The van der Waals surface area contributed by atoms with E-state index in [1.54, 1.807) is 49.9 Å². The van der Waals surface area contributed by atoms with Crippen LogP contribution in [0.1, 0.15) is 62.4 Å². The molecule has 0 bridgehead atoms. The maximum absolute atomic E-state index is 13.0. The van der Waals surface area contributed by atoms with Crippen LogP contribution in [0.2, 0.25) is 0 Å². The molecule has 3 rings (SSSR count). The van der Waals surface area contributed by atoms with Gasteiger partial charge in [-0.2, -0.15) is 0 Å². The van der Waals surface area contributed by atoms with Crippen molar-refractivity contribution in [3.05, 3.63) is 35.4 Å². The fourth-order valence-electron chi connectivity index (χ4n) is 4.14. The number of likely N-dealkylation sites (tertiary alicyclic amines) is 1. The molecule has 0 unspecified atom stereocenters. The van der Waals surface area contributed by atoms with Crippen LogP contribution in [-0.4, -0.2) is 81.4 Å². The first-order valence-corrected chi connectivity index (χ1v) is 11.7. The van der Waals surface area contributed by atoms with Gasteiger partial charge >= 0.3 is 18.1 Å². The van der Waals surface area contributed by atoms with E-state index in [1.165, 1.54) is 0 Å². The first-order chi connectivity index (χ1) is 16.8. The number of nitrogens with zero attached hydrogens (tertiary/aromatic N) is 2. The highest BCUT2D eigenvalue weighted by atomic mass is 16.6. The van der Waals surface area contributed by atoms with Gasteiger partial charge in [-0.15, -0.1) is 0 Å². The Morgan fingerprint density at radius 3 is 2.25 bits per heavy atom. The largest absolute Gasteiger partial charge is 0.481 e. The van der Waals surface area contributed by atoms with Gasteiger partial charge in [-0.1, -0.05) is 12.1 Å². The Hall–Kier alpha value is -3.96. The molecule has 0 saturated carbocycles. The third-order valence-corrected chi connectivity index (χ3v) is 5.97. The van der Waals surface area contributed by atoms with Crippen molar-refractivity contribution in [1.82, 2.24) is 20.4 Å². The summed E-state index contributed by atoms with van der Waals surface area (Å²) < 4.78 is 5.13. The number of carbonyl (C=O) groups is 5. The molecule has 2 heterocycles. The number of carbonyl (C=O) groups excluding carboxylic acids is 4. The second kappa shape index (κ2) is 10.3. The Labute approximate surface area is 208 Å². The van der Waals surface area contributed by atoms with E-state index in [1.807, 2.05) is 0 Å². The molecule has 5 amide bonds. The smallest absolute Gasteiger partial charge is 0.413 e. The highest BCUT2D eigenvalue weighted by molar-refractivity contribution is 6.07. The van der Waals surface area contributed by atoms with Gasteiger partial charge in [-0.3, -0.25) is 30.0 Å². The summed E-state index contributed by atoms with van der Waals surface area (Å²) >= 11 is 0. The summed E-state index contributed by atoms with van der Waals surface area (Å²) in [5, 5.41) is 21.9. The van der Waals surface area contributed by atoms with Gasteiger partial charge in [0.05, 0.1) is 0 Å². The summed E-state index contributed by atoms with van der Waals surface area (Å²) in [4.78, 5) is 63.4. The summed E-state index contributed by atoms with van der Waals surface area (Å²) in [7, 11) is 0. The van der Waals surface area contributed by atoms with Gasteiger partial charge < -0.3 is 20.1 Å². The second-order valence-electron chi connectivity index (χ2n) is 9.84. The molecule has 2 aliphatic heterocycles. The van der Waals surface area contributed by atoms with E-state index in [-0.39, 0.29) is 63.0 Å². The number of urea groups is 1. The minimum Gasteiger partial charge on any atom is -0.481 e. The minimum atomic E-state index is -1.08. The van der Waals surface area contributed by atoms with Gasteiger partial charge in [0.25, 0.3) is 11.8 Å². The number of amidine groups is 1. The first-order valence-electron chi connectivity index (χ1n) is 11.7. The van der Waals surface area contributed by atoms with Crippen molar-refractivity contribution in [2.24, 2.45) is 0 Å². The molecule has 2 saturated heterocycles. The predicted molar refractivity (Wildman–Crippen MR) is 128 cm³/mol. The zero-order chi connectivity index (χ0) is 26.7. The Morgan fingerprint density at radius 1 is 1.11 bits per heavy atom. The van der Waals surface area contributed by atoms with Crippen LogP contribution in [0.25, 0.3) is 0 Å². The molecule has 1 aromatic rings. The number of piperidine rings is 1. The molecule has 4 N–H and O–H groups in total. The topological polar surface area (TPSA) is 169 Å². The van der Waals surface area contributed by atoms with E-state index in [0.29, 0.717) is 11.1 Å². The predicted octanol–water partition coefficient (Wildman–Crippen LogP) is 1.93. The monoisotopic (exact) mass is 501 g/mol. The van der Waals surface area contributed by atoms with Crippen LogP contribution < -0.4 is 10.6 Å². The van der Waals surface area contributed by atoms with Crippen LogP contribution in [0.4, 0.5) is 9.59 Å². The van der Waals surface area contributed by atoms with Crippen LogP contribution >= 0.6 is 0 Å². The highest BCUT2D eigenvalue weighted by Gasteiger charge is 2.52. The molecule has 2 fully saturated rings. The zero-order valence-corrected chi connectivity index (χ0v) is 20.6. The fraction of sp³-hybridized carbons (Fsp3) is 0.500. The number of hydrogen-bond donors (Lipinski definition) is 4. The van der Waals surface area contributed by atoms with E-state index in [0.717, 1.165) is 4.90 Å². The summed E-state index contributed by atoms with van der Waals surface area (Å²) in [6, 6.07) is 5.67. The van der Waals surface area contributed by atoms with Crippen LogP contribution in [-0.2, 0) is 14.3 Å². The molecule has 2 aliphatic rings. The SMILES string of the molecule is CC(C)(C)OC(=O)NC(=N)c1ccc(C(=O)N2CCC3(CC2)NC(=O)N(CCCC(=O)O)C3=O)cc1. The van der Waals surface area contributed by atoms with E-state index in [4.69, 9.17) is 15.3 Å². The first kappa shape index (κ1) is 26.6. The van der Waals surface area contributed by atoms with Gasteiger partial charge in [0.15, 0.2) is 0 Å². The van der Waals surface area contributed by atoms with Crippen molar-refractivity contribution in [3.8, 4) is 0 Å². The number of imide groups is 1. The maximum atomic E-state index is 13.0. The van der Waals surface area contributed by atoms with Crippen LogP contribution in [0, 0.1) is 5.41 Å². The Kier molecular flexibility index (Phi) is 7.65. The zero-order valence-electron chi connectivity index (χ0n) is 20.6. The number of carboxylic acids is 1. The molecule has 0 radical (unpaired) electrons. The molecular weight excluding hydrogens is 470 g/mol. The number of alkyl carbamates (subject to hydrolysis) is 1. The molecule has 0 aromatic heterocycles. The molecule has 12 heteroatoms. The van der Waals surface area contributed by atoms with Crippen LogP contribution in [0.5, 0.6) is 0 Å². The van der Waals surface area contributed by atoms with Gasteiger partial charge in [0.2, 0.25) is 0 Å². The van der Waals surface area contributed by atoms with Crippen molar-refractivity contribution < 1.29 is 33.8 Å². The third kappa shape index (κ3) is 6.18. The molecule has 0 atom stereocenters. The molecule has 1 aromatic carbocycles. The number of hydrogen-bond acceptors (Lipinski definition) is 7. The minimum absolute atomic E-state index is 0.0332. The van der Waals surface area contributed by atoms with Crippen LogP contribution in [0.15, 0.2) is 24.3 Å². The molecule has 12 nitrogen and oxygen atoms in total.